The van der Waals surface area contributed by atoms with Crippen molar-refractivity contribution in [3.8, 4) is 11.8 Å². The normalized spacial score (nSPS) is 18.8. The minimum absolute atomic E-state index is 0.339. The topological polar surface area (TPSA) is 43.4 Å². The second kappa shape index (κ2) is 15.7. The third-order valence-corrected chi connectivity index (χ3v) is 6.95. The SMILES string of the molecule is CCCCC#CC(=O)C(C)OC(=O)c1ccc([C@H]2CC[C@H](CCCCCCCC)CC2)cc1. The molecule has 0 aromatic heterocycles. The molecule has 0 bridgehead atoms. The number of rotatable bonds is 13. The Hall–Kier alpha value is -2.08. The zero-order chi connectivity index (χ0) is 23.9. The zero-order valence-corrected chi connectivity index (χ0v) is 21.2. The predicted molar refractivity (Wildman–Crippen MR) is 136 cm³/mol. The van der Waals surface area contributed by atoms with Gasteiger partial charge in [0.15, 0.2) is 6.10 Å². The molecule has 33 heavy (non-hydrogen) atoms. The van der Waals surface area contributed by atoms with Crippen molar-refractivity contribution < 1.29 is 14.3 Å². The molecule has 1 fully saturated rings. The van der Waals surface area contributed by atoms with Gasteiger partial charge < -0.3 is 4.74 Å². The summed E-state index contributed by atoms with van der Waals surface area (Å²) in [4.78, 5) is 24.5. The number of ketones is 1. The smallest absolute Gasteiger partial charge is 0.338 e. The van der Waals surface area contributed by atoms with Crippen LogP contribution in [0.3, 0.4) is 0 Å². The molecule has 0 N–H and O–H groups in total. The second-order valence-electron chi connectivity index (χ2n) is 9.71. The van der Waals surface area contributed by atoms with Crippen LogP contribution in [0.15, 0.2) is 24.3 Å². The van der Waals surface area contributed by atoms with E-state index >= 15 is 0 Å². The summed E-state index contributed by atoms with van der Waals surface area (Å²) in [5.41, 5.74) is 1.81. The van der Waals surface area contributed by atoms with E-state index < -0.39 is 12.1 Å². The fourth-order valence-corrected chi connectivity index (χ4v) is 4.69. The van der Waals surface area contributed by atoms with Crippen molar-refractivity contribution in [3.05, 3.63) is 35.4 Å². The number of carbonyl (C=O) groups excluding carboxylic acids is 2. The van der Waals surface area contributed by atoms with E-state index in [-0.39, 0.29) is 5.78 Å². The van der Waals surface area contributed by atoms with Crippen molar-refractivity contribution in [2.45, 2.75) is 123 Å². The summed E-state index contributed by atoms with van der Waals surface area (Å²) in [6, 6.07) is 7.80. The van der Waals surface area contributed by atoms with Crippen LogP contribution in [0.25, 0.3) is 0 Å². The molecule has 3 heteroatoms. The van der Waals surface area contributed by atoms with Gasteiger partial charge in [-0.15, -0.1) is 0 Å². The Bertz CT molecular complexity index is 760. The summed E-state index contributed by atoms with van der Waals surface area (Å²) in [7, 11) is 0. The van der Waals surface area contributed by atoms with Crippen molar-refractivity contribution in [3.63, 3.8) is 0 Å². The Kier molecular flexibility index (Phi) is 12.9. The third-order valence-electron chi connectivity index (χ3n) is 6.95. The monoisotopic (exact) mass is 452 g/mol. The van der Waals surface area contributed by atoms with Gasteiger partial charge in [-0.25, -0.2) is 4.79 Å². The first-order valence-corrected chi connectivity index (χ1v) is 13.4. The van der Waals surface area contributed by atoms with Gasteiger partial charge in [-0.3, -0.25) is 4.79 Å². The van der Waals surface area contributed by atoms with E-state index in [1.165, 1.54) is 76.2 Å². The van der Waals surface area contributed by atoms with Gasteiger partial charge in [0.05, 0.1) is 5.56 Å². The highest BCUT2D eigenvalue weighted by Crippen LogP contribution is 2.37. The van der Waals surface area contributed by atoms with Crippen molar-refractivity contribution in [2.24, 2.45) is 5.92 Å². The average Bonchev–Trinajstić information content (AvgIpc) is 2.84. The zero-order valence-electron chi connectivity index (χ0n) is 21.2. The molecule has 0 spiro atoms. The average molecular weight is 453 g/mol. The Labute approximate surface area is 202 Å². The molecule has 1 saturated carbocycles. The predicted octanol–water partition coefficient (Wildman–Crippen LogP) is 8.02. The van der Waals surface area contributed by atoms with Crippen LogP contribution >= 0.6 is 0 Å². The third kappa shape index (κ3) is 10.2. The number of benzene rings is 1. The molecule has 0 saturated heterocycles. The van der Waals surface area contributed by atoms with Crippen molar-refractivity contribution in [1.29, 1.82) is 0 Å². The van der Waals surface area contributed by atoms with Crippen molar-refractivity contribution in [1.82, 2.24) is 0 Å². The van der Waals surface area contributed by atoms with Crippen molar-refractivity contribution >= 4 is 11.8 Å². The first kappa shape index (κ1) is 27.2. The van der Waals surface area contributed by atoms with Gasteiger partial charge in [-0.1, -0.05) is 83.3 Å². The highest BCUT2D eigenvalue weighted by Gasteiger charge is 2.23. The number of Topliss-reactive ketones (excluding diaryl/α,β-unsaturated/α-hetero) is 1. The molecular weight excluding hydrogens is 408 g/mol. The molecule has 0 heterocycles. The molecule has 1 atom stereocenters. The number of hydrogen-bond acceptors (Lipinski definition) is 3. The molecule has 0 radical (unpaired) electrons. The van der Waals surface area contributed by atoms with Crippen LogP contribution in [0.1, 0.15) is 133 Å². The highest BCUT2D eigenvalue weighted by atomic mass is 16.5. The fraction of sp³-hybridized carbons (Fsp3) is 0.667. The van der Waals surface area contributed by atoms with Crippen LogP contribution in [-0.2, 0) is 9.53 Å². The van der Waals surface area contributed by atoms with E-state index in [0.29, 0.717) is 17.9 Å². The van der Waals surface area contributed by atoms with Gasteiger partial charge in [0, 0.05) is 6.42 Å². The lowest BCUT2D eigenvalue weighted by Gasteiger charge is -2.29. The van der Waals surface area contributed by atoms with E-state index in [1.807, 2.05) is 12.1 Å². The lowest BCUT2D eigenvalue weighted by molar-refractivity contribution is -0.121. The number of unbranched alkanes of at least 4 members (excludes halogenated alkanes) is 7. The van der Waals surface area contributed by atoms with Crippen LogP contribution in [0.5, 0.6) is 0 Å². The molecule has 0 aliphatic heterocycles. The Morgan fingerprint density at radius 3 is 2.21 bits per heavy atom. The quantitative estimate of drug-likeness (QED) is 0.132. The maximum Gasteiger partial charge on any atom is 0.338 e. The largest absolute Gasteiger partial charge is 0.450 e. The maximum absolute atomic E-state index is 12.4. The second-order valence-corrected chi connectivity index (χ2v) is 9.71. The summed E-state index contributed by atoms with van der Waals surface area (Å²) < 4.78 is 5.33. The molecular formula is C30H44O3. The first-order valence-electron chi connectivity index (χ1n) is 13.4. The van der Waals surface area contributed by atoms with Crippen LogP contribution < -0.4 is 0 Å². The van der Waals surface area contributed by atoms with Crippen LogP contribution in [-0.4, -0.2) is 17.9 Å². The summed E-state index contributed by atoms with van der Waals surface area (Å²) in [5, 5.41) is 0. The molecule has 1 aromatic carbocycles. The van der Waals surface area contributed by atoms with E-state index in [0.717, 1.165) is 18.8 Å². The number of ether oxygens (including phenoxy) is 1. The molecule has 2 rings (SSSR count). The molecule has 3 nitrogen and oxygen atoms in total. The van der Waals surface area contributed by atoms with Crippen LogP contribution in [0, 0.1) is 17.8 Å². The minimum Gasteiger partial charge on any atom is -0.450 e. The van der Waals surface area contributed by atoms with Crippen LogP contribution in [0.2, 0.25) is 0 Å². The maximum atomic E-state index is 12.4. The summed E-state index contributed by atoms with van der Waals surface area (Å²) in [6.45, 7) is 5.95. The van der Waals surface area contributed by atoms with E-state index in [4.69, 9.17) is 4.74 Å². The van der Waals surface area contributed by atoms with Gasteiger partial charge in [0.25, 0.3) is 0 Å². The Balaban J connectivity index is 1.73. The van der Waals surface area contributed by atoms with E-state index in [1.54, 1.807) is 6.92 Å². The summed E-state index contributed by atoms with van der Waals surface area (Å²) >= 11 is 0. The highest BCUT2D eigenvalue weighted by molar-refractivity contribution is 6.01. The van der Waals surface area contributed by atoms with Gasteiger partial charge in [0.1, 0.15) is 0 Å². The standard InChI is InChI=1S/C30H44O3/c1-4-6-8-10-11-12-14-25-16-18-26(19-17-25)27-20-22-28(23-21-27)30(32)33-24(3)29(31)15-13-9-7-5-2/h20-26H,4-12,14,16-19H2,1-3H3/t24?,25-,26-. The number of carbonyl (C=O) groups is 2. The van der Waals surface area contributed by atoms with Gasteiger partial charge >= 0.3 is 5.97 Å². The van der Waals surface area contributed by atoms with Crippen LogP contribution in [0.4, 0.5) is 0 Å². The first-order chi connectivity index (χ1) is 16.0. The Morgan fingerprint density at radius 1 is 0.909 bits per heavy atom. The number of hydrogen-bond donors (Lipinski definition) is 0. The summed E-state index contributed by atoms with van der Waals surface area (Å²) in [6.07, 6.45) is 16.7. The molecule has 1 unspecified atom stereocenters. The lowest BCUT2D eigenvalue weighted by atomic mass is 9.77. The fourth-order valence-electron chi connectivity index (χ4n) is 4.69. The molecule has 1 aliphatic carbocycles. The molecule has 1 aliphatic rings. The lowest BCUT2D eigenvalue weighted by Crippen LogP contribution is -2.23. The molecule has 1 aromatic rings. The molecule has 182 valence electrons. The van der Waals surface area contributed by atoms with E-state index in [2.05, 4.69) is 37.8 Å². The van der Waals surface area contributed by atoms with Gasteiger partial charge in [-0.05, 0) is 74.5 Å². The van der Waals surface area contributed by atoms with Crippen molar-refractivity contribution in [2.75, 3.05) is 0 Å². The number of esters is 1. The minimum atomic E-state index is -0.840. The van der Waals surface area contributed by atoms with E-state index in [9.17, 15) is 9.59 Å². The van der Waals surface area contributed by atoms with Gasteiger partial charge in [-0.2, -0.15) is 0 Å². The Morgan fingerprint density at radius 2 is 1.55 bits per heavy atom. The van der Waals surface area contributed by atoms with Gasteiger partial charge in [0.2, 0.25) is 5.78 Å². The molecule has 0 amide bonds. The summed E-state index contributed by atoms with van der Waals surface area (Å²) in [5.74, 6) is 6.13.